The van der Waals surface area contributed by atoms with Crippen LogP contribution in [-0.2, 0) is 14.3 Å². The van der Waals surface area contributed by atoms with Crippen molar-refractivity contribution in [2.45, 2.75) is 384 Å². The van der Waals surface area contributed by atoms with E-state index in [1.54, 1.807) is 0 Å². The normalized spacial score (nSPS) is 18.3. The summed E-state index contributed by atoms with van der Waals surface area (Å²) in [5, 5.41) is 55.1. The Morgan fingerprint density at radius 1 is 0.365 bits per heavy atom. The van der Waals surface area contributed by atoms with Gasteiger partial charge in [-0.15, -0.1) is 0 Å². The summed E-state index contributed by atoms with van der Waals surface area (Å²) in [4.78, 5) is 13.2. The van der Waals surface area contributed by atoms with E-state index in [1.165, 1.54) is 186 Å². The van der Waals surface area contributed by atoms with E-state index in [2.05, 4.69) is 165 Å². The van der Waals surface area contributed by atoms with Crippen molar-refractivity contribution < 1.29 is 39.8 Å². The fraction of sp³-hybridized carbons (Fsp3) is 0.713. The van der Waals surface area contributed by atoms with Crippen molar-refractivity contribution in [3.05, 3.63) is 146 Å². The molecule has 0 aromatic rings. The van der Waals surface area contributed by atoms with Crippen molar-refractivity contribution in [3.63, 3.8) is 0 Å². The lowest BCUT2D eigenvalue weighted by Gasteiger charge is -2.40. The summed E-state index contributed by atoms with van der Waals surface area (Å²) in [5.41, 5.74) is 0. The van der Waals surface area contributed by atoms with Crippen molar-refractivity contribution in [1.29, 1.82) is 0 Å². The minimum atomic E-state index is -1.57. The minimum absolute atomic E-state index is 0.156. The van der Waals surface area contributed by atoms with E-state index in [1.807, 2.05) is 0 Å². The lowest BCUT2D eigenvalue weighted by molar-refractivity contribution is -0.302. The summed E-state index contributed by atoms with van der Waals surface area (Å²) in [6.07, 6.45) is 107. The number of unbranched alkanes of at least 4 members (excludes halogenated alkanes) is 35. The van der Waals surface area contributed by atoms with Crippen LogP contribution in [0.5, 0.6) is 0 Å². The van der Waals surface area contributed by atoms with Crippen LogP contribution in [0.1, 0.15) is 341 Å². The molecule has 0 radical (unpaired) electrons. The topological polar surface area (TPSA) is 149 Å². The molecule has 7 atom stereocenters. The Balaban J connectivity index is 2.13. The maximum absolute atomic E-state index is 13.2. The van der Waals surface area contributed by atoms with Gasteiger partial charge in [-0.3, -0.25) is 4.79 Å². The Bertz CT molecular complexity index is 2040. The minimum Gasteiger partial charge on any atom is -0.394 e. The summed E-state index contributed by atoms with van der Waals surface area (Å²) in [7, 11) is 0. The van der Waals surface area contributed by atoms with Gasteiger partial charge in [0.15, 0.2) is 6.29 Å². The fourth-order valence-electron chi connectivity index (χ4n) is 12.0. The summed E-state index contributed by atoms with van der Waals surface area (Å²) in [6, 6.07) is -0.746. The van der Waals surface area contributed by atoms with Gasteiger partial charge in [-0.05, 0) is 103 Å². The van der Waals surface area contributed by atoms with Crippen LogP contribution in [0.15, 0.2) is 146 Å². The SMILES string of the molecule is CC/C=C\C/C=C\C/C=C\C/C=C\C/C=C\C/C=C\C/C=C\C/C=C\C/C=C\C/C=C\C/C=C\C/C=C\CCCCCCC(=O)NC(COC1OC(CO)C(O)C(O)C1O)C(O)CCCCCCCCCCCCCCCCCCCCCCCCCCCCCCCCCC. The molecule has 1 aliphatic heterocycles. The third-order valence-electron chi connectivity index (χ3n) is 18.2. The average molecular weight is 1340 g/mol. The number of carbonyl (C=O) groups excluding carboxylic acids is 1. The van der Waals surface area contributed by atoms with Crippen LogP contribution < -0.4 is 5.32 Å². The fourth-order valence-corrected chi connectivity index (χ4v) is 12.0. The Kier molecular flexibility index (Phi) is 69.2. The molecule has 1 saturated heterocycles. The van der Waals surface area contributed by atoms with Crippen LogP contribution in [0.3, 0.4) is 0 Å². The summed E-state index contributed by atoms with van der Waals surface area (Å²) in [5.74, 6) is -0.170. The third-order valence-corrected chi connectivity index (χ3v) is 18.2. The number of hydrogen-bond acceptors (Lipinski definition) is 8. The van der Waals surface area contributed by atoms with Gasteiger partial charge in [0, 0.05) is 6.42 Å². The van der Waals surface area contributed by atoms with Crippen LogP contribution in [0.4, 0.5) is 0 Å². The molecule has 7 unspecified atom stereocenters. The van der Waals surface area contributed by atoms with E-state index in [0.29, 0.717) is 12.8 Å². The van der Waals surface area contributed by atoms with Gasteiger partial charge in [-0.2, -0.15) is 0 Å². The molecular weight excluding hydrogens is 1190 g/mol. The molecule has 6 N–H and O–H groups in total. The molecule has 96 heavy (non-hydrogen) atoms. The molecule has 0 bridgehead atoms. The van der Waals surface area contributed by atoms with E-state index in [9.17, 15) is 30.3 Å². The van der Waals surface area contributed by atoms with E-state index >= 15 is 0 Å². The largest absolute Gasteiger partial charge is 0.394 e. The van der Waals surface area contributed by atoms with Crippen molar-refractivity contribution >= 4 is 5.91 Å². The number of allylic oxidation sites excluding steroid dienone is 24. The second-order valence-electron chi connectivity index (χ2n) is 27.1. The summed E-state index contributed by atoms with van der Waals surface area (Å²) < 4.78 is 11.4. The first-order chi connectivity index (χ1) is 47.3. The highest BCUT2D eigenvalue weighted by Crippen LogP contribution is 2.24. The van der Waals surface area contributed by atoms with Gasteiger partial charge >= 0.3 is 0 Å². The zero-order chi connectivity index (χ0) is 69.2. The molecule has 1 fully saturated rings. The van der Waals surface area contributed by atoms with Gasteiger partial charge in [-0.25, -0.2) is 0 Å². The molecule has 0 spiro atoms. The quantitative estimate of drug-likeness (QED) is 0.0261. The maximum Gasteiger partial charge on any atom is 0.220 e. The highest BCUT2D eigenvalue weighted by atomic mass is 16.7. The zero-order valence-corrected chi connectivity index (χ0v) is 61.8. The molecule has 9 nitrogen and oxygen atoms in total. The summed E-state index contributed by atoms with van der Waals surface area (Å²) >= 11 is 0. The van der Waals surface area contributed by atoms with Gasteiger partial charge in [0.1, 0.15) is 24.4 Å². The Hall–Kier alpha value is -3.93. The van der Waals surface area contributed by atoms with Crippen LogP contribution >= 0.6 is 0 Å². The van der Waals surface area contributed by atoms with Gasteiger partial charge in [0.2, 0.25) is 5.91 Å². The second kappa shape index (κ2) is 73.8. The maximum atomic E-state index is 13.2. The number of rotatable bonds is 69. The molecule has 1 amide bonds. The Morgan fingerprint density at radius 2 is 0.646 bits per heavy atom. The van der Waals surface area contributed by atoms with Crippen molar-refractivity contribution in [3.8, 4) is 0 Å². The molecular formula is C87H149NO8. The number of aliphatic hydroxyl groups excluding tert-OH is 5. The number of amides is 1. The lowest BCUT2D eigenvalue weighted by atomic mass is 9.99. The average Bonchev–Trinajstić information content (AvgIpc) is 0.840. The van der Waals surface area contributed by atoms with Crippen LogP contribution in [0, 0.1) is 0 Å². The second-order valence-corrected chi connectivity index (χ2v) is 27.1. The van der Waals surface area contributed by atoms with E-state index < -0.39 is 49.5 Å². The lowest BCUT2D eigenvalue weighted by Crippen LogP contribution is -2.60. The van der Waals surface area contributed by atoms with Gasteiger partial charge < -0.3 is 40.3 Å². The van der Waals surface area contributed by atoms with Gasteiger partial charge in [0.05, 0.1) is 25.4 Å². The Labute approximate surface area is 591 Å². The molecule has 550 valence electrons. The van der Waals surface area contributed by atoms with E-state index in [4.69, 9.17) is 9.47 Å². The van der Waals surface area contributed by atoms with Crippen molar-refractivity contribution in [1.82, 2.24) is 5.32 Å². The highest BCUT2D eigenvalue weighted by molar-refractivity contribution is 5.76. The smallest absolute Gasteiger partial charge is 0.220 e. The van der Waals surface area contributed by atoms with Crippen LogP contribution in [-0.4, -0.2) is 87.5 Å². The third kappa shape index (κ3) is 61.2. The van der Waals surface area contributed by atoms with Gasteiger partial charge in [-0.1, -0.05) is 378 Å². The molecule has 0 aromatic heterocycles. The highest BCUT2D eigenvalue weighted by Gasteiger charge is 2.44. The van der Waals surface area contributed by atoms with E-state index in [0.717, 1.165) is 128 Å². The number of hydrogen-bond donors (Lipinski definition) is 6. The first-order valence-electron chi connectivity index (χ1n) is 40.0. The van der Waals surface area contributed by atoms with Crippen LogP contribution in [0.25, 0.3) is 0 Å². The number of aliphatic hydroxyl groups is 5. The number of carbonyl (C=O) groups is 1. The molecule has 9 heteroatoms. The number of nitrogens with one attached hydrogen (secondary N) is 1. The monoisotopic (exact) mass is 1340 g/mol. The Morgan fingerprint density at radius 3 is 0.958 bits per heavy atom. The molecule has 0 aromatic carbocycles. The first kappa shape index (κ1) is 90.1. The predicted octanol–water partition coefficient (Wildman–Crippen LogP) is 23.3. The standard InChI is InChI=1S/C87H149NO8/c1-3-5-7-9-11-13-15-17-19-21-23-25-27-29-31-33-35-37-38-39-40-41-42-43-44-45-47-49-51-53-55-57-59-61-63-65-67-69-71-73-75-77-83(91)88-80(79-95-87-86(94)85(93)84(92)82(78-89)96-87)81(90)76-74-72-70-68-66-64-62-60-58-56-54-52-50-48-46-36-34-32-30-28-26-24-22-20-18-16-14-12-10-8-6-4-2/h5,7,11,13,17,19,23,25,29,31,35,37,39-40,42-43,45,47,51,53,57,59,63,65,80-82,84-87,89-90,92-94H,3-4,6,8-10,12,14-16,18,20-22,24,26-28,30,32-34,36,38,41,44,46,48-50,52,54-56,58,60-62,64,66-79H2,1-2H3,(H,88,91)/b7-5-,13-11-,19-17-,25-23-,31-29-,37-35-,40-39-,43-42-,47-45-,53-51-,59-57-,65-63-. The molecule has 0 saturated carbocycles. The summed E-state index contributed by atoms with van der Waals surface area (Å²) in [6.45, 7) is 3.74. The number of ether oxygens (including phenoxy) is 2. The van der Waals surface area contributed by atoms with Crippen molar-refractivity contribution in [2.24, 2.45) is 0 Å². The van der Waals surface area contributed by atoms with Gasteiger partial charge in [0.25, 0.3) is 0 Å². The molecule has 0 aliphatic carbocycles. The van der Waals surface area contributed by atoms with Crippen molar-refractivity contribution in [2.75, 3.05) is 13.2 Å². The van der Waals surface area contributed by atoms with E-state index in [-0.39, 0.29) is 12.5 Å². The zero-order valence-electron chi connectivity index (χ0n) is 61.8. The first-order valence-corrected chi connectivity index (χ1v) is 40.0. The predicted molar refractivity (Wildman–Crippen MR) is 414 cm³/mol. The molecule has 1 rings (SSSR count). The molecule has 1 aliphatic rings. The van der Waals surface area contributed by atoms with Crippen LogP contribution in [0.2, 0.25) is 0 Å². The molecule has 1 heterocycles.